The molecular formula is C17H18ClNO6S2. The summed E-state index contributed by atoms with van der Waals surface area (Å²) in [5.74, 6) is -0.687. The van der Waals surface area contributed by atoms with Gasteiger partial charge in [-0.3, -0.25) is 0 Å². The number of halogens is 1. The Kier molecular flexibility index (Phi) is 6.31. The molecule has 0 amide bonds. The minimum atomic E-state index is -4.05. The highest BCUT2D eigenvalue weighted by atomic mass is 35.5. The van der Waals surface area contributed by atoms with Crippen LogP contribution in [0.1, 0.15) is 28.9 Å². The lowest BCUT2D eigenvalue weighted by atomic mass is 10.1. The Morgan fingerprint density at radius 3 is 2.19 bits per heavy atom. The first-order valence-corrected chi connectivity index (χ1v) is 11.4. The molecule has 0 aliphatic heterocycles. The van der Waals surface area contributed by atoms with Crippen molar-refractivity contribution < 1.29 is 26.4 Å². The van der Waals surface area contributed by atoms with Crippen molar-refractivity contribution in [3.05, 3.63) is 58.6 Å². The second-order valence-electron chi connectivity index (χ2n) is 5.82. The zero-order valence-electron chi connectivity index (χ0n) is 14.8. The monoisotopic (exact) mass is 431 g/mol. The minimum Gasteiger partial charge on any atom is -0.465 e. The van der Waals surface area contributed by atoms with Gasteiger partial charge >= 0.3 is 5.97 Å². The van der Waals surface area contributed by atoms with Crippen molar-refractivity contribution in [1.29, 1.82) is 0 Å². The zero-order valence-corrected chi connectivity index (χ0v) is 17.2. The van der Waals surface area contributed by atoms with Crippen LogP contribution in [0.3, 0.4) is 0 Å². The maximum Gasteiger partial charge on any atom is 0.337 e. The smallest absolute Gasteiger partial charge is 0.337 e. The fourth-order valence-electron chi connectivity index (χ4n) is 2.32. The molecule has 10 heteroatoms. The third-order valence-electron chi connectivity index (χ3n) is 3.78. The van der Waals surface area contributed by atoms with Crippen molar-refractivity contribution in [2.75, 3.05) is 13.4 Å². The molecule has 0 heterocycles. The first-order valence-electron chi connectivity index (χ1n) is 7.66. The van der Waals surface area contributed by atoms with Crippen LogP contribution >= 0.6 is 11.6 Å². The summed E-state index contributed by atoms with van der Waals surface area (Å²) in [5, 5.41) is -0.0465. The van der Waals surface area contributed by atoms with Gasteiger partial charge in [0.05, 0.1) is 22.6 Å². The van der Waals surface area contributed by atoms with Crippen LogP contribution < -0.4 is 4.72 Å². The van der Waals surface area contributed by atoms with Gasteiger partial charge in [0.25, 0.3) is 0 Å². The average Bonchev–Trinajstić information content (AvgIpc) is 2.60. The number of hydrogen-bond donors (Lipinski definition) is 1. The van der Waals surface area contributed by atoms with Gasteiger partial charge in [0.2, 0.25) is 10.0 Å². The van der Waals surface area contributed by atoms with Gasteiger partial charge in [-0.1, -0.05) is 23.7 Å². The second kappa shape index (κ2) is 7.97. The third-order valence-corrected chi connectivity index (χ3v) is 6.93. The van der Waals surface area contributed by atoms with Gasteiger partial charge in [0, 0.05) is 12.3 Å². The maximum absolute atomic E-state index is 12.7. The van der Waals surface area contributed by atoms with E-state index < -0.39 is 31.9 Å². The molecule has 2 aromatic rings. The molecule has 1 N–H and O–H groups in total. The van der Waals surface area contributed by atoms with Gasteiger partial charge in [-0.2, -0.15) is 0 Å². The predicted octanol–water partition coefficient (Wildman–Crippen LogP) is 2.57. The molecule has 2 aromatic carbocycles. The van der Waals surface area contributed by atoms with Gasteiger partial charge in [0.1, 0.15) is 4.90 Å². The van der Waals surface area contributed by atoms with E-state index >= 15 is 0 Å². The minimum absolute atomic E-state index is 0.0465. The van der Waals surface area contributed by atoms with Crippen LogP contribution in [0.5, 0.6) is 0 Å². The molecule has 0 fully saturated rings. The number of carbonyl (C=O) groups excluding carboxylic acids is 1. The molecule has 0 spiro atoms. The molecule has 1 atom stereocenters. The van der Waals surface area contributed by atoms with Crippen molar-refractivity contribution in [3.8, 4) is 0 Å². The molecule has 146 valence electrons. The Labute approximate surface area is 163 Å². The molecule has 27 heavy (non-hydrogen) atoms. The molecule has 0 aromatic heterocycles. The molecule has 0 aliphatic carbocycles. The summed E-state index contributed by atoms with van der Waals surface area (Å²) in [6.07, 6.45) is 1.09. The lowest BCUT2D eigenvalue weighted by Crippen LogP contribution is -2.27. The fourth-order valence-corrected chi connectivity index (χ4v) is 4.71. The maximum atomic E-state index is 12.7. The summed E-state index contributed by atoms with van der Waals surface area (Å²) in [7, 11) is -6.21. The molecular weight excluding hydrogens is 414 g/mol. The van der Waals surface area contributed by atoms with Crippen molar-refractivity contribution >= 4 is 37.4 Å². The van der Waals surface area contributed by atoms with Crippen molar-refractivity contribution in [1.82, 2.24) is 4.72 Å². The van der Waals surface area contributed by atoms with Crippen LogP contribution in [-0.4, -0.2) is 36.2 Å². The molecule has 0 saturated carbocycles. The second-order valence-corrected chi connectivity index (χ2v) is 9.93. The Balaban J connectivity index is 2.32. The lowest BCUT2D eigenvalue weighted by Gasteiger charge is -2.16. The first-order chi connectivity index (χ1) is 12.5. The molecule has 0 saturated heterocycles. The number of rotatable bonds is 6. The van der Waals surface area contributed by atoms with Gasteiger partial charge in [-0.25, -0.2) is 26.4 Å². The quantitative estimate of drug-likeness (QED) is 0.704. The largest absolute Gasteiger partial charge is 0.465 e. The summed E-state index contributed by atoms with van der Waals surface area (Å²) in [6, 6.07) is 8.98. The van der Waals surface area contributed by atoms with Crippen LogP contribution in [0.15, 0.2) is 52.3 Å². The Bertz CT molecular complexity index is 1060. The number of sulfone groups is 1. The number of carbonyl (C=O) groups is 1. The van der Waals surface area contributed by atoms with Gasteiger partial charge in [-0.05, 0) is 42.8 Å². The molecule has 0 radical (unpaired) electrons. The summed E-state index contributed by atoms with van der Waals surface area (Å²) >= 11 is 5.99. The van der Waals surface area contributed by atoms with E-state index in [1.165, 1.54) is 43.5 Å². The van der Waals surface area contributed by atoms with Gasteiger partial charge < -0.3 is 4.74 Å². The Morgan fingerprint density at radius 2 is 1.67 bits per heavy atom. The lowest BCUT2D eigenvalue weighted by molar-refractivity contribution is 0.0600. The molecule has 7 nitrogen and oxygen atoms in total. The van der Waals surface area contributed by atoms with Gasteiger partial charge in [-0.15, -0.1) is 0 Å². The van der Waals surface area contributed by atoms with E-state index in [0.29, 0.717) is 5.56 Å². The SMILES string of the molecule is COC(=O)c1ccc(Cl)c(S(=O)(=O)NC(C)c2ccc(S(C)(=O)=O)cc2)c1. The zero-order chi connectivity index (χ0) is 20.4. The highest BCUT2D eigenvalue weighted by molar-refractivity contribution is 7.90. The highest BCUT2D eigenvalue weighted by Gasteiger charge is 2.23. The van der Waals surface area contributed by atoms with Crippen molar-refractivity contribution in [2.24, 2.45) is 0 Å². The van der Waals surface area contributed by atoms with E-state index in [1.54, 1.807) is 6.92 Å². The van der Waals surface area contributed by atoms with Crippen LogP contribution in [0.4, 0.5) is 0 Å². The summed E-state index contributed by atoms with van der Waals surface area (Å²) in [5.41, 5.74) is 0.610. The van der Waals surface area contributed by atoms with Crippen LogP contribution in [0.25, 0.3) is 0 Å². The summed E-state index contributed by atoms with van der Waals surface area (Å²) < 4.78 is 55.4. The number of hydrogen-bond acceptors (Lipinski definition) is 6. The summed E-state index contributed by atoms with van der Waals surface area (Å²) in [4.78, 5) is 11.5. The fraction of sp³-hybridized carbons (Fsp3) is 0.235. The average molecular weight is 432 g/mol. The third kappa shape index (κ3) is 5.07. The Hall–Kier alpha value is -1.94. The normalized spacial score (nSPS) is 13.2. The predicted molar refractivity (Wildman–Crippen MR) is 101 cm³/mol. The highest BCUT2D eigenvalue weighted by Crippen LogP contribution is 2.25. The van der Waals surface area contributed by atoms with E-state index in [-0.39, 0.29) is 20.4 Å². The van der Waals surface area contributed by atoms with Gasteiger partial charge in [0.15, 0.2) is 9.84 Å². The standard InChI is InChI=1S/C17H18ClNO6S2/c1-11(12-4-7-14(8-5-12)26(3,21)22)19-27(23,24)16-10-13(17(20)25-2)6-9-15(16)18/h4-11,19H,1-3H3. The number of ether oxygens (including phenoxy) is 1. The molecule has 0 bridgehead atoms. The number of benzene rings is 2. The topological polar surface area (TPSA) is 107 Å². The number of methoxy groups -OCH3 is 1. The first kappa shape index (κ1) is 21.4. The molecule has 0 aliphatic rings. The molecule has 1 unspecified atom stereocenters. The van der Waals surface area contributed by atoms with Crippen LogP contribution in [0.2, 0.25) is 5.02 Å². The Morgan fingerprint density at radius 1 is 1.07 bits per heavy atom. The van der Waals surface area contributed by atoms with Crippen molar-refractivity contribution in [3.63, 3.8) is 0 Å². The van der Waals surface area contributed by atoms with Crippen LogP contribution in [0, 0.1) is 0 Å². The van der Waals surface area contributed by atoms with Crippen LogP contribution in [-0.2, 0) is 24.6 Å². The van der Waals surface area contributed by atoms with E-state index in [0.717, 1.165) is 12.3 Å². The number of esters is 1. The van der Waals surface area contributed by atoms with Crippen molar-refractivity contribution in [2.45, 2.75) is 22.8 Å². The number of sulfonamides is 1. The van der Waals surface area contributed by atoms with E-state index in [4.69, 9.17) is 11.6 Å². The van der Waals surface area contributed by atoms with E-state index in [1.807, 2.05) is 0 Å². The van der Waals surface area contributed by atoms with E-state index in [9.17, 15) is 21.6 Å². The number of nitrogens with one attached hydrogen (secondary N) is 1. The molecule has 2 rings (SSSR count). The van der Waals surface area contributed by atoms with E-state index in [2.05, 4.69) is 9.46 Å². The summed E-state index contributed by atoms with van der Waals surface area (Å²) in [6.45, 7) is 1.60.